The predicted octanol–water partition coefficient (Wildman–Crippen LogP) is 6.80. The van der Waals surface area contributed by atoms with Crippen molar-refractivity contribution in [3.05, 3.63) is 83.9 Å². The van der Waals surface area contributed by atoms with Crippen molar-refractivity contribution in [2.45, 2.75) is 46.7 Å². The van der Waals surface area contributed by atoms with Crippen LogP contribution in [0.2, 0.25) is 0 Å². The molecule has 25 heavy (non-hydrogen) atoms. The van der Waals surface area contributed by atoms with Gasteiger partial charge in [-0.1, -0.05) is 101 Å². The Morgan fingerprint density at radius 1 is 0.760 bits per heavy atom. The van der Waals surface area contributed by atoms with Crippen LogP contribution in [0.1, 0.15) is 55.9 Å². The summed E-state index contributed by atoms with van der Waals surface area (Å²) in [5.41, 5.74) is 5.06. The monoisotopic (exact) mass is 335 g/mol. The summed E-state index contributed by atoms with van der Waals surface area (Å²) in [5.74, 6) is 0. The third kappa shape index (κ3) is 7.53. The summed E-state index contributed by atoms with van der Waals surface area (Å²) in [7, 11) is 0. The zero-order chi connectivity index (χ0) is 18.5. The first-order valence-electron chi connectivity index (χ1n) is 9.40. The van der Waals surface area contributed by atoms with E-state index in [2.05, 4.69) is 73.5 Å². The maximum Gasteiger partial charge on any atom is 0.0237 e. The SMILES string of the molecule is C=Cc1ccc(CN(CCCC)Cc2ccc(C=C)cc2)cc1.CC. The molecule has 0 saturated carbocycles. The fourth-order valence-corrected chi connectivity index (χ4v) is 2.63. The average Bonchev–Trinajstić information content (AvgIpc) is 2.69. The van der Waals surface area contributed by atoms with Crippen molar-refractivity contribution in [1.82, 2.24) is 4.90 Å². The molecule has 1 nitrogen and oxygen atoms in total. The van der Waals surface area contributed by atoms with Gasteiger partial charge in [0.25, 0.3) is 0 Å². The van der Waals surface area contributed by atoms with Crippen molar-refractivity contribution in [3.63, 3.8) is 0 Å². The van der Waals surface area contributed by atoms with Gasteiger partial charge in [0, 0.05) is 13.1 Å². The van der Waals surface area contributed by atoms with E-state index in [0.717, 1.165) is 19.6 Å². The lowest BCUT2D eigenvalue weighted by molar-refractivity contribution is 0.252. The molecule has 1 heteroatoms. The predicted molar refractivity (Wildman–Crippen MR) is 113 cm³/mol. The Hall–Kier alpha value is -2.12. The summed E-state index contributed by atoms with van der Waals surface area (Å²) in [6, 6.07) is 17.4. The molecule has 0 radical (unpaired) electrons. The largest absolute Gasteiger partial charge is 0.295 e. The van der Waals surface area contributed by atoms with Gasteiger partial charge in [0.1, 0.15) is 0 Å². The van der Waals surface area contributed by atoms with Crippen LogP contribution in [-0.4, -0.2) is 11.4 Å². The van der Waals surface area contributed by atoms with Crippen LogP contribution in [0.5, 0.6) is 0 Å². The quantitative estimate of drug-likeness (QED) is 0.487. The summed E-state index contributed by atoms with van der Waals surface area (Å²) in [6.45, 7) is 17.0. The molecular formula is C24H33N. The second-order valence-electron chi connectivity index (χ2n) is 5.96. The highest BCUT2D eigenvalue weighted by atomic mass is 15.1. The molecule has 0 aliphatic carbocycles. The van der Waals surface area contributed by atoms with Crippen LogP contribution in [-0.2, 0) is 13.1 Å². The van der Waals surface area contributed by atoms with Crippen LogP contribution < -0.4 is 0 Å². The van der Waals surface area contributed by atoms with E-state index in [4.69, 9.17) is 0 Å². The molecule has 2 rings (SSSR count). The Balaban J connectivity index is 0.00000151. The minimum atomic E-state index is 0.987. The van der Waals surface area contributed by atoms with Crippen molar-refractivity contribution in [3.8, 4) is 0 Å². The second-order valence-corrected chi connectivity index (χ2v) is 5.96. The van der Waals surface area contributed by atoms with Crippen LogP contribution in [0.3, 0.4) is 0 Å². The summed E-state index contributed by atoms with van der Waals surface area (Å²) in [4.78, 5) is 2.52. The van der Waals surface area contributed by atoms with Crippen molar-refractivity contribution in [1.29, 1.82) is 0 Å². The molecule has 0 fully saturated rings. The number of nitrogens with zero attached hydrogens (tertiary/aromatic N) is 1. The molecular weight excluding hydrogens is 302 g/mol. The van der Waals surface area contributed by atoms with Gasteiger partial charge in [-0.05, 0) is 35.2 Å². The Kier molecular flexibility index (Phi) is 10.3. The van der Waals surface area contributed by atoms with E-state index in [1.165, 1.54) is 35.1 Å². The zero-order valence-electron chi connectivity index (χ0n) is 16.2. The van der Waals surface area contributed by atoms with Gasteiger partial charge in [-0.25, -0.2) is 0 Å². The minimum absolute atomic E-state index is 0.987. The molecule has 2 aromatic rings. The molecule has 0 heterocycles. The Morgan fingerprint density at radius 2 is 1.16 bits per heavy atom. The van der Waals surface area contributed by atoms with Crippen molar-refractivity contribution < 1.29 is 0 Å². The molecule has 0 amide bonds. The van der Waals surface area contributed by atoms with Crippen LogP contribution >= 0.6 is 0 Å². The minimum Gasteiger partial charge on any atom is -0.295 e. The van der Waals surface area contributed by atoms with Gasteiger partial charge in [0.15, 0.2) is 0 Å². The van der Waals surface area contributed by atoms with Gasteiger partial charge in [-0.15, -0.1) is 0 Å². The molecule has 0 unspecified atom stereocenters. The lowest BCUT2D eigenvalue weighted by Gasteiger charge is -2.22. The third-order valence-corrected chi connectivity index (χ3v) is 4.07. The molecule has 0 aromatic heterocycles. The topological polar surface area (TPSA) is 3.24 Å². The van der Waals surface area contributed by atoms with Crippen LogP contribution in [0.4, 0.5) is 0 Å². The number of rotatable bonds is 9. The maximum absolute atomic E-state index is 3.81. The van der Waals surface area contributed by atoms with E-state index >= 15 is 0 Å². The lowest BCUT2D eigenvalue weighted by atomic mass is 10.1. The van der Waals surface area contributed by atoms with E-state index in [9.17, 15) is 0 Å². The Bertz CT molecular complexity index is 554. The zero-order valence-corrected chi connectivity index (χ0v) is 16.2. The smallest absolute Gasteiger partial charge is 0.0237 e. The Morgan fingerprint density at radius 3 is 1.48 bits per heavy atom. The van der Waals surface area contributed by atoms with Crippen LogP contribution in [0, 0.1) is 0 Å². The van der Waals surface area contributed by atoms with Gasteiger partial charge in [0.2, 0.25) is 0 Å². The number of hydrogen-bond donors (Lipinski definition) is 0. The molecule has 0 spiro atoms. The molecule has 0 saturated heterocycles. The fraction of sp³-hybridized carbons (Fsp3) is 0.333. The van der Waals surface area contributed by atoms with Crippen LogP contribution in [0.25, 0.3) is 12.2 Å². The van der Waals surface area contributed by atoms with Gasteiger partial charge in [0.05, 0.1) is 0 Å². The summed E-state index contributed by atoms with van der Waals surface area (Å²) < 4.78 is 0. The number of unbranched alkanes of at least 4 members (excludes halogenated alkanes) is 1. The van der Waals surface area contributed by atoms with E-state index in [0.29, 0.717) is 0 Å². The average molecular weight is 336 g/mol. The van der Waals surface area contributed by atoms with Crippen molar-refractivity contribution >= 4 is 12.2 Å². The Labute approximate surface area is 154 Å². The van der Waals surface area contributed by atoms with E-state index in [-0.39, 0.29) is 0 Å². The summed E-state index contributed by atoms with van der Waals surface area (Å²) >= 11 is 0. The van der Waals surface area contributed by atoms with Crippen molar-refractivity contribution in [2.75, 3.05) is 6.54 Å². The highest BCUT2D eigenvalue weighted by molar-refractivity contribution is 5.47. The number of hydrogen-bond acceptors (Lipinski definition) is 1. The molecule has 0 aliphatic heterocycles. The highest BCUT2D eigenvalue weighted by Gasteiger charge is 2.07. The molecule has 0 N–H and O–H groups in total. The first kappa shape index (κ1) is 20.9. The molecule has 0 atom stereocenters. The number of benzene rings is 2. The first-order chi connectivity index (χ1) is 12.2. The summed E-state index contributed by atoms with van der Waals surface area (Å²) in [6.07, 6.45) is 6.23. The van der Waals surface area contributed by atoms with E-state index in [1.54, 1.807) is 0 Å². The fourth-order valence-electron chi connectivity index (χ4n) is 2.63. The third-order valence-electron chi connectivity index (χ3n) is 4.07. The lowest BCUT2D eigenvalue weighted by Crippen LogP contribution is -2.24. The molecule has 134 valence electrons. The van der Waals surface area contributed by atoms with Crippen LogP contribution in [0.15, 0.2) is 61.7 Å². The standard InChI is InChI=1S/C22H27N.C2H6/c1-4-7-16-23(17-21-12-8-19(5-2)9-13-21)18-22-14-10-20(6-3)11-15-22;1-2/h5-6,8-15H,2-4,7,16-18H2,1H3;1-2H3. The molecule has 2 aromatic carbocycles. The van der Waals surface area contributed by atoms with E-state index < -0.39 is 0 Å². The normalized spacial score (nSPS) is 10.1. The van der Waals surface area contributed by atoms with E-state index in [1.807, 2.05) is 26.0 Å². The highest BCUT2D eigenvalue weighted by Crippen LogP contribution is 2.14. The molecule has 0 aliphatic rings. The second kappa shape index (κ2) is 12.3. The van der Waals surface area contributed by atoms with Crippen molar-refractivity contribution in [2.24, 2.45) is 0 Å². The summed E-state index contributed by atoms with van der Waals surface area (Å²) in [5, 5.41) is 0. The van der Waals surface area contributed by atoms with Gasteiger partial charge < -0.3 is 0 Å². The van der Waals surface area contributed by atoms with Gasteiger partial charge in [-0.3, -0.25) is 4.90 Å². The van der Waals surface area contributed by atoms with Gasteiger partial charge in [-0.2, -0.15) is 0 Å². The van der Waals surface area contributed by atoms with Gasteiger partial charge >= 0.3 is 0 Å². The first-order valence-corrected chi connectivity index (χ1v) is 9.40. The molecule has 0 bridgehead atoms. The maximum atomic E-state index is 3.81.